The molecule has 90 valence electrons. The van der Waals surface area contributed by atoms with Crippen LogP contribution in [-0.2, 0) is 0 Å². The molecule has 1 aromatic rings. The Hall–Kier alpha value is -0.320. The van der Waals surface area contributed by atoms with Crippen LogP contribution >= 0.6 is 21.6 Å². The van der Waals surface area contributed by atoms with Crippen molar-refractivity contribution in [1.29, 1.82) is 0 Å². The summed E-state index contributed by atoms with van der Waals surface area (Å²) in [7, 11) is 3.33. The third-order valence-corrected chi connectivity index (χ3v) is 4.58. The van der Waals surface area contributed by atoms with Gasteiger partial charge in [0.25, 0.3) is 0 Å². The quantitative estimate of drug-likeness (QED) is 0.409. The van der Waals surface area contributed by atoms with Crippen molar-refractivity contribution in [3.8, 4) is 0 Å². The van der Waals surface area contributed by atoms with Gasteiger partial charge in [0.15, 0.2) is 0 Å². The van der Waals surface area contributed by atoms with E-state index in [0.717, 1.165) is 10.9 Å². The highest BCUT2D eigenvalue weighted by Gasteiger charge is 2.14. The topological polar surface area (TPSA) is 40.0 Å². The van der Waals surface area contributed by atoms with E-state index < -0.39 is 0 Å². The largest absolute Gasteiger partial charge is 1.00 e. The smallest absolute Gasteiger partial charge is 0.317 e. The zero-order valence-electron chi connectivity index (χ0n) is 9.66. The summed E-state index contributed by atoms with van der Waals surface area (Å²) in [6, 6.07) is 9.94. The van der Waals surface area contributed by atoms with Crippen LogP contribution in [0.15, 0.2) is 30.3 Å². The first-order valence-electron chi connectivity index (χ1n) is 4.77. The second kappa shape index (κ2) is 7.09. The minimum Gasteiger partial charge on any atom is -1.00 e. The number of para-hydroxylation sites is 1. The van der Waals surface area contributed by atoms with Gasteiger partial charge in [-0.3, -0.25) is 5.73 Å². The normalized spacial score (nSPS) is 12.1. The maximum atomic E-state index is 5.86. The standard InChI is InChI=1S/C11H16N2S2.ClH/c1-11(2,3)15-14-10(12)13-9-7-5-4-6-8-9;/h4-8H,1-3H3,(H2,12,13);1H. The maximum absolute atomic E-state index is 5.86. The van der Waals surface area contributed by atoms with E-state index in [-0.39, 0.29) is 17.2 Å². The number of halogens is 1. The molecule has 0 aromatic heterocycles. The lowest BCUT2D eigenvalue weighted by molar-refractivity contribution is -0.351. The molecule has 0 unspecified atom stereocenters. The predicted molar refractivity (Wildman–Crippen MR) is 71.2 cm³/mol. The Kier molecular flexibility index (Phi) is 6.95. The van der Waals surface area contributed by atoms with Crippen molar-refractivity contribution < 1.29 is 17.4 Å². The Bertz CT molecular complexity index is 334. The van der Waals surface area contributed by atoms with Crippen LogP contribution in [0.1, 0.15) is 20.8 Å². The zero-order valence-corrected chi connectivity index (χ0v) is 12.0. The number of hydrogen-bond acceptors (Lipinski definition) is 2. The summed E-state index contributed by atoms with van der Waals surface area (Å²) < 4.78 is 0.216. The van der Waals surface area contributed by atoms with E-state index in [1.807, 2.05) is 30.3 Å². The van der Waals surface area contributed by atoms with Gasteiger partial charge in [0.05, 0.1) is 0 Å². The average Bonchev–Trinajstić information content (AvgIpc) is 2.15. The van der Waals surface area contributed by atoms with Gasteiger partial charge in [-0.2, -0.15) is 0 Å². The molecule has 0 aliphatic carbocycles. The molecule has 0 aliphatic rings. The molecule has 0 spiro atoms. The molecule has 0 amide bonds. The van der Waals surface area contributed by atoms with Crippen molar-refractivity contribution in [2.75, 3.05) is 0 Å². The zero-order chi connectivity index (χ0) is 11.3. The third kappa shape index (κ3) is 7.04. The van der Waals surface area contributed by atoms with Gasteiger partial charge in [-0.05, 0) is 12.1 Å². The average molecular weight is 277 g/mol. The van der Waals surface area contributed by atoms with Crippen molar-refractivity contribution in [3.63, 3.8) is 0 Å². The van der Waals surface area contributed by atoms with Gasteiger partial charge in [-0.1, -0.05) is 49.8 Å². The first kappa shape index (κ1) is 15.7. The summed E-state index contributed by atoms with van der Waals surface area (Å²) in [5.74, 6) is 0. The van der Waals surface area contributed by atoms with Crippen LogP contribution in [0.5, 0.6) is 0 Å². The number of nitrogens with one attached hydrogen (secondary N) is 1. The fourth-order valence-corrected chi connectivity index (χ4v) is 2.50. The lowest BCUT2D eigenvalue weighted by Crippen LogP contribution is -3.00. The number of nitrogens with two attached hydrogens (primary N) is 1. The van der Waals surface area contributed by atoms with Crippen LogP contribution in [0.2, 0.25) is 0 Å². The molecule has 0 bridgehead atoms. The lowest BCUT2D eigenvalue weighted by Gasteiger charge is -2.14. The molecular weight excluding hydrogens is 260 g/mol. The lowest BCUT2D eigenvalue weighted by atomic mass is 10.3. The molecule has 0 saturated heterocycles. The highest BCUT2D eigenvalue weighted by atomic mass is 35.5. The first-order valence-corrected chi connectivity index (χ1v) is 6.92. The predicted octanol–water partition coefficient (Wildman–Crippen LogP) is -1.10. The Morgan fingerprint density at radius 1 is 1.19 bits per heavy atom. The molecule has 5 heteroatoms. The summed E-state index contributed by atoms with van der Waals surface area (Å²) in [5.41, 5.74) is 6.89. The van der Waals surface area contributed by atoms with Gasteiger partial charge in [-0.15, -0.1) is 0 Å². The Morgan fingerprint density at radius 3 is 2.25 bits per heavy atom. The minimum atomic E-state index is 0. The van der Waals surface area contributed by atoms with Crippen molar-refractivity contribution in [1.82, 2.24) is 0 Å². The second-order valence-corrected chi connectivity index (χ2v) is 7.13. The molecule has 0 atom stereocenters. The van der Waals surface area contributed by atoms with E-state index in [9.17, 15) is 0 Å². The van der Waals surface area contributed by atoms with Gasteiger partial charge >= 0.3 is 5.17 Å². The number of benzene rings is 1. The molecule has 2 nitrogen and oxygen atoms in total. The fraction of sp³-hybridized carbons (Fsp3) is 0.364. The molecule has 0 radical (unpaired) electrons. The van der Waals surface area contributed by atoms with Gasteiger partial charge in [0, 0.05) is 15.5 Å². The van der Waals surface area contributed by atoms with E-state index in [2.05, 4.69) is 25.8 Å². The Balaban J connectivity index is 0.00000225. The van der Waals surface area contributed by atoms with Gasteiger partial charge in [0.1, 0.15) is 5.69 Å². The summed E-state index contributed by atoms with van der Waals surface area (Å²) in [4.78, 5) is 3.15. The fourth-order valence-electron chi connectivity index (χ4n) is 0.854. The molecule has 0 aliphatic heterocycles. The van der Waals surface area contributed by atoms with E-state index in [0.29, 0.717) is 0 Å². The van der Waals surface area contributed by atoms with Crippen LogP contribution in [0, 0.1) is 0 Å². The number of rotatable bonds is 2. The maximum Gasteiger partial charge on any atom is 0.317 e. The van der Waals surface area contributed by atoms with E-state index in [4.69, 9.17) is 5.73 Å². The highest BCUT2D eigenvalue weighted by Crippen LogP contribution is 2.33. The Morgan fingerprint density at radius 2 is 1.75 bits per heavy atom. The highest BCUT2D eigenvalue weighted by molar-refractivity contribution is 8.82. The molecule has 0 fully saturated rings. The van der Waals surface area contributed by atoms with Crippen molar-refractivity contribution in [2.24, 2.45) is 5.73 Å². The van der Waals surface area contributed by atoms with Gasteiger partial charge in [0.2, 0.25) is 0 Å². The van der Waals surface area contributed by atoms with E-state index in [1.165, 1.54) is 0 Å². The third-order valence-electron chi connectivity index (χ3n) is 1.42. The minimum absolute atomic E-state index is 0. The number of hydrogen-bond donors (Lipinski definition) is 2. The van der Waals surface area contributed by atoms with Gasteiger partial charge in [-0.25, -0.2) is 4.99 Å². The number of amidine groups is 1. The van der Waals surface area contributed by atoms with Gasteiger partial charge < -0.3 is 12.4 Å². The molecule has 0 saturated carbocycles. The molecular formula is C11H17ClN2S2. The molecule has 1 aromatic carbocycles. The summed E-state index contributed by atoms with van der Waals surface area (Å²) in [5, 5.41) is 0.723. The van der Waals surface area contributed by atoms with Crippen molar-refractivity contribution >= 4 is 32.4 Å². The molecule has 1 rings (SSSR count). The summed E-state index contributed by atoms with van der Waals surface area (Å²) in [6.45, 7) is 6.50. The monoisotopic (exact) mass is 276 g/mol. The summed E-state index contributed by atoms with van der Waals surface area (Å²) >= 11 is 0. The van der Waals surface area contributed by atoms with E-state index >= 15 is 0 Å². The Labute approximate surface area is 111 Å². The summed E-state index contributed by atoms with van der Waals surface area (Å²) in [6.07, 6.45) is 0. The molecule has 0 heterocycles. The molecule has 3 N–H and O–H groups in total. The van der Waals surface area contributed by atoms with Crippen molar-refractivity contribution in [3.05, 3.63) is 30.3 Å². The SMILES string of the molecule is CC(C)(C)SSC(N)=[NH+]c1ccccc1.[Cl-]. The second-order valence-electron chi connectivity index (χ2n) is 4.13. The van der Waals surface area contributed by atoms with Crippen LogP contribution in [0.25, 0.3) is 0 Å². The van der Waals surface area contributed by atoms with Crippen LogP contribution in [0.4, 0.5) is 5.69 Å². The van der Waals surface area contributed by atoms with Crippen LogP contribution in [-0.4, -0.2) is 9.91 Å². The van der Waals surface area contributed by atoms with Crippen molar-refractivity contribution in [2.45, 2.75) is 25.5 Å². The first-order chi connectivity index (χ1) is 6.97. The van der Waals surface area contributed by atoms with Crippen LogP contribution < -0.4 is 23.1 Å². The van der Waals surface area contributed by atoms with Crippen LogP contribution in [0.3, 0.4) is 0 Å². The molecule has 16 heavy (non-hydrogen) atoms. The van der Waals surface area contributed by atoms with E-state index in [1.54, 1.807) is 21.6 Å².